The van der Waals surface area contributed by atoms with E-state index < -0.39 is 17.6 Å². The van der Waals surface area contributed by atoms with Crippen LogP contribution in [0.3, 0.4) is 0 Å². The summed E-state index contributed by atoms with van der Waals surface area (Å²) < 4.78 is 64.8. The van der Waals surface area contributed by atoms with E-state index in [0.29, 0.717) is 17.5 Å². The van der Waals surface area contributed by atoms with Crippen molar-refractivity contribution >= 4 is 12.2 Å². The number of aryl methyl sites for hydroxylation is 3. The first-order chi connectivity index (χ1) is 17.3. The second-order valence-electron chi connectivity index (χ2n) is 8.26. The fraction of sp³-hybridized carbons (Fsp3) is 0.269. The fourth-order valence-electron chi connectivity index (χ4n) is 3.48. The lowest BCUT2D eigenvalue weighted by atomic mass is 10.1. The molecule has 4 rings (SSSR count). The molecule has 0 amide bonds. The van der Waals surface area contributed by atoms with E-state index >= 15 is 0 Å². The zero-order chi connectivity index (χ0) is 25.5. The molecule has 0 N–H and O–H groups in total. The van der Waals surface area contributed by atoms with Crippen molar-refractivity contribution in [2.45, 2.75) is 45.5 Å². The number of oxazole rings is 1. The van der Waals surface area contributed by atoms with Gasteiger partial charge in [-0.15, -0.1) is 5.10 Å². The first-order valence-electron chi connectivity index (χ1n) is 11.3. The van der Waals surface area contributed by atoms with E-state index in [4.69, 9.17) is 9.15 Å². The minimum atomic E-state index is -4.60. The Kier molecular flexibility index (Phi) is 7.82. The fourth-order valence-corrected chi connectivity index (χ4v) is 3.48. The van der Waals surface area contributed by atoms with Gasteiger partial charge in [0.25, 0.3) is 0 Å². The number of benzene rings is 2. The maximum atomic E-state index is 14.0. The van der Waals surface area contributed by atoms with Gasteiger partial charge < -0.3 is 9.15 Å². The van der Waals surface area contributed by atoms with Crippen LogP contribution in [0.5, 0.6) is 5.75 Å². The molecule has 0 aliphatic heterocycles. The largest absolute Gasteiger partial charge is 0.487 e. The van der Waals surface area contributed by atoms with Gasteiger partial charge in [0, 0.05) is 24.4 Å². The Morgan fingerprint density at radius 2 is 1.86 bits per heavy atom. The number of nitrogens with zero attached hydrogens (tertiary/aromatic N) is 4. The summed E-state index contributed by atoms with van der Waals surface area (Å²) in [5, 5.41) is 8.02. The van der Waals surface area contributed by atoms with Crippen molar-refractivity contribution in [1.29, 1.82) is 0 Å². The van der Waals surface area contributed by atoms with Crippen molar-refractivity contribution < 1.29 is 26.7 Å². The number of unbranched alkanes of at least 4 members (excludes halogenated alkanes) is 1. The average molecular weight is 500 g/mol. The molecule has 0 spiro atoms. The number of hydrogen-bond donors (Lipinski definition) is 0. The Labute approximate surface area is 205 Å². The number of rotatable bonds is 10. The lowest BCUT2D eigenvalue weighted by Gasteiger charge is -2.07. The highest BCUT2D eigenvalue weighted by Crippen LogP contribution is 2.30. The zero-order valence-corrected chi connectivity index (χ0v) is 19.5. The normalized spacial score (nSPS) is 11.9. The Morgan fingerprint density at radius 3 is 2.56 bits per heavy atom. The van der Waals surface area contributed by atoms with Crippen LogP contribution in [0.15, 0.2) is 59.3 Å². The van der Waals surface area contributed by atoms with Crippen molar-refractivity contribution in [3.8, 4) is 5.75 Å². The lowest BCUT2D eigenvalue weighted by molar-refractivity contribution is -0.137. The second kappa shape index (κ2) is 11.2. The predicted molar refractivity (Wildman–Crippen MR) is 125 cm³/mol. The van der Waals surface area contributed by atoms with Gasteiger partial charge in [0.05, 0.1) is 11.3 Å². The Hall–Kier alpha value is -3.95. The third-order valence-electron chi connectivity index (χ3n) is 5.37. The molecule has 2 aromatic carbocycles. The van der Waals surface area contributed by atoms with Crippen LogP contribution in [0.25, 0.3) is 12.2 Å². The van der Waals surface area contributed by atoms with Gasteiger partial charge in [-0.25, -0.2) is 9.37 Å². The molecule has 0 fully saturated rings. The van der Waals surface area contributed by atoms with Gasteiger partial charge >= 0.3 is 6.18 Å². The minimum absolute atomic E-state index is 0.00687. The lowest BCUT2D eigenvalue weighted by Crippen LogP contribution is -2.05. The second-order valence-corrected chi connectivity index (χ2v) is 8.26. The first-order valence-corrected chi connectivity index (χ1v) is 11.3. The highest BCUT2D eigenvalue weighted by atomic mass is 19.4. The molecule has 0 saturated carbocycles. The standard InChI is InChI=1S/C26H24F4N4O2/c1-18-15-34(33-32-18)13-3-2-4-19-5-10-23(11-6-19)35-16-22-17-36-25(31-22)12-8-20-7-9-21(14-24(20)27)26(28,29)30/h5-12,14-15,17H,2-4,13,16H2,1H3/b12-8+. The van der Waals surface area contributed by atoms with Crippen molar-refractivity contribution in [3.63, 3.8) is 0 Å². The monoisotopic (exact) mass is 500 g/mol. The van der Waals surface area contributed by atoms with Crippen LogP contribution in [0.2, 0.25) is 0 Å². The maximum absolute atomic E-state index is 14.0. The summed E-state index contributed by atoms with van der Waals surface area (Å²) >= 11 is 0. The molecule has 10 heteroatoms. The number of hydrogen-bond acceptors (Lipinski definition) is 5. The van der Waals surface area contributed by atoms with Crippen molar-refractivity contribution in [2.24, 2.45) is 0 Å². The van der Waals surface area contributed by atoms with Crippen LogP contribution in [0.1, 0.15) is 46.8 Å². The van der Waals surface area contributed by atoms with Crippen LogP contribution >= 0.6 is 0 Å². The third kappa shape index (κ3) is 7.03. The SMILES string of the molecule is Cc1cn(CCCCc2ccc(OCc3coc(/C=C/c4ccc(C(F)(F)F)cc4F)n3)cc2)nn1. The van der Waals surface area contributed by atoms with Crippen LogP contribution in [0, 0.1) is 12.7 Å². The summed E-state index contributed by atoms with van der Waals surface area (Å²) in [6.07, 6.45) is 4.42. The van der Waals surface area contributed by atoms with Crippen LogP contribution in [-0.4, -0.2) is 20.0 Å². The number of halogens is 4. The quantitative estimate of drug-likeness (QED) is 0.184. The molecule has 0 bridgehead atoms. The molecule has 4 aromatic rings. The van der Waals surface area contributed by atoms with Gasteiger partial charge in [-0.2, -0.15) is 13.2 Å². The molecule has 0 radical (unpaired) electrons. The van der Waals surface area contributed by atoms with E-state index in [1.165, 1.54) is 24.0 Å². The highest BCUT2D eigenvalue weighted by Gasteiger charge is 2.30. The van der Waals surface area contributed by atoms with Gasteiger partial charge in [-0.05, 0) is 62.1 Å². The first kappa shape index (κ1) is 25.2. The smallest absolute Gasteiger partial charge is 0.416 e. The van der Waals surface area contributed by atoms with Crippen molar-refractivity contribution in [2.75, 3.05) is 0 Å². The summed E-state index contributed by atoms with van der Waals surface area (Å²) in [6.45, 7) is 2.93. The highest BCUT2D eigenvalue weighted by molar-refractivity contribution is 5.66. The van der Waals surface area contributed by atoms with Crippen molar-refractivity contribution in [3.05, 3.63) is 94.7 Å². The van der Waals surface area contributed by atoms with Gasteiger partial charge in [-0.3, -0.25) is 4.68 Å². The summed E-state index contributed by atoms with van der Waals surface area (Å²) in [4.78, 5) is 4.23. The van der Waals surface area contributed by atoms with E-state index in [9.17, 15) is 17.6 Å². The maximum Gasteiger partial charge on any atom is 0.416 e. The van der Waals surface area contributed by atoms with Gasteiger partial charge in [0.2, 0.25) is 5.89 Å². The van der Waals surface area contributed by atoms with E-state index in [1.807, 2.05) is 42.1 Å². The molecule has 2 aromatic heterocycles. The van der Waals surface area contributed by atoms with Crippen LogP contribution < -0.4 is 4.74 Å². The van der Waals surface area contributed by atoms with Gasteiger partial charge in [0.1, 0.15) is 30.1 Å². The topological polar surface area (TPSA) is 66.0 Å². The zero-order valence-electron chi connectivity index (χ0n) is 19.5. The van der Waals surface area contributed by atoms with Crippen LogP contribution in [-0.2, 0) is 25.7 Å². The predicted octanol–water partition coefficient (Wildman–Crippen LogP) is 6.50. The molecule has 6 nitrogen and oxygen atoms in total. The van der Waals surface area contributed by atoms with E-state index in [2.05, 4.69) is 15.3 Å². The third-order valence-corrected chi connectivity index (χ3v) is 5.37. The molecule has 36 heavy (non-hydrogen) atoms. The van der Waals surface area contributed by atoms with Gasteiger partial charge in [-0.1, -0.05) is 23.4 Å². The molecule has 2 heterocycles. The summed E-state index contributed by atoms with van der Waals surface area (Å²) in [5.41, 5.74) is 1.60. The minimum Gasteiger partial charge on any atom is -0.487 e. The Bertz CT molecular complexity index is 1310. The summed E-state index contributed by atoms with van der Waals surface area (Å²) in [6, 6.07) is 10.2. The molecule has 0 saturated heterocycles. The molecule has 0 aliphatic carbocycles. The molecule has 0 unspecified atom stereocenters. The molecular weight excluding hydrogens is 476 g/mol. The molecule has 0 atom stereocenters. The number of ether oxygens (including phenoxy) is 1. The Morgan fingerprint density at radius 1 is 1.06 bits per heavy atom. The summed E-state index contributed by atoms with van der Waals surface area (Å²) in [5.74, 6) is -0.113. The number of alkyl halides is 3. The Balaban J connectivity index is 1.23. The molecule has 188 valence electrons. The van der Waals surface area contributed by atoms with E-state index in [0.717, 1.165) is 43.6 Å². The molecular formula is C26H24F4N4O2. The summed E-state index contributed by atoms with van der Waals surface area (Å²) in [7, 11) is 0. The van der Waals surface area contributed by atoms with E-state index in [-0.39, 0.29) is 18.1 Å². The van der Waals surface area contributed by atoms with Crippen LogP contribution in [0.4, 0.5) is 17.6 Å². The van der Waals surface area contributed by atoms with Gasteiger partial charge in [0.15, 0.2) is 0 Å². The number of aromatic nitrogens is 4. The van der Waals surface area contributed by atoms with Crippen molar-refractivity contribution in [1.82, 2.24) is 20.0 Å². The average Bonchev–Trinajstić information content (AvgIpc) is 3.48. The van der Waals surface area contributed by atoms with E-state index in [1.54, 1.807) is 0 Å². The molecule has 0 aliphatic rings.